The molecule has 1 aliphatic rings. The van der Waals surface area contributed by atoms with Crippen molar-refractivity contribution in [2.45, 2.75) is 51.0 Å². The van der Waals surface area contributed by atoms with Crippen LogP contribution in [0.1, 0.15) is 22.3 Å². The highest BCUT2D eigenvalue weighted by atomic mass is 16.6. The summed E-state index contributed by atoms with van der Waals surface area (Å²) in [6, 6.07) is 40.0. The largest absolute Gasteiger partial charge is 0.376 e. The molecular formula is C35H38O6. The van der Waals surface area contributed by atoms with Gasteiger partial charge in [-0.25, -0.2) is 0 Å². The van der Waals surface area contributed by atoms with Crippen molar-refractivity contribution in [3.8, 4) is 0 Å². The smallest absolute Gasteiger partial charge is 0.183 e. The minimum Gasteiger partial charge on any atom is -0.376 e. The molecule has 5 unspecified atom stereocenters. The van der Waals surface area contributed by atoms with E-state index < -0.39 is 24.6 Å². The normalized spacial score (nSPS) is 22.7. The van der Waals surface area contributed by atoms with E-state index in [0.29, 0.717) is 33.0 Å². The third-order valence-corrected chi connectivity index (χ3v) is 7.17. The first-order valence-corrected chi connectivity index (χ1v) is 14.1. The molecule has 5 atom stereocenters. The second kappa shape index (κ2) is 15.6. The van der Waals surface area contributed by atoms with Crippen LogP contribution in [0.25, 0.3) is 0 Å². The van der Waals surface area contributed by atoms with Crippen LogP contribution in [-0.2, 0) is 50.1 Å². The fraction of sp³-hybridized carbons (Fsp3) is 0.314. The van der Waals surface area contributed by atoms with Crippen molar-refractivity contribution in [2.24, 2.45) is 5.92 Å². The lowest BCUT2D eigenvalue weighted by Crippen LogP contribution is -2.49. The maximum absolute atomic E-state index is 11.2. The van der Waals surface area contributed by atoms with Gasteiger partial charge in [-0.3, -0.25) is 0 Å². The van der Waals surface area contributed by atoms with Crippen LogP contribution in [0.5, 0.6) is 0 Å². The zero-order valence-corrected chi connectivity index (χ0v) is 23.2. The molecule has 1 heterocycles. The minimum atomic E-state index is -1.19. The molecule has 6 nitrogen and oxygen atoms in total. The molecule has 1 fully saturated rings. The second-order valence-electron chi connectivity index (χ2n) is 10.3. The van der Waals surface area contributed by atoms with E-state index >= 15 is 0 Å². The molecule has 214 valence electrons. The summed E-state index contributed by atoms with van der Waals surface area (Å²) >= 11 is 0. The van der Waals surface area contributed by atoms with Gasteiger partial charge in [-0.1, -0.05) is 121 Å². The summed E-state index contributed by atoms with van der Waals surface area (Å²) in [6.07, 6.45) is -3.06. The van der Waals surface area contributed by atoms with Gasteiger partial charge in [-0.2, -0.15) is 0 Å². The van der Waals surface area contributed by atoms with Gasteiger partial charge in [0, 0.05) is 5.92 Å². The molecule has 4 aromatic rings. The van der Waals surface area contributed by atoms with Gasteiger partial charge in [0.25, 0.3) is 0 Å². The van der Waals surface area contributed by atoms with Crippen molar-refractivity contribution in [1.29, 1.82) is 0 Å². The lowest BCUT2D eigenvalue weighted by molar-refractivity contribution is -0.219. The van der Waals surface area contributed by atoms with Gasteiger partial charge in [0.1, 0.15) is 12.2 Å². The Balaban J connectivity index is 1.39. The van der Waals surface area contributed by atoms with Crippen LogP contribution in [0.3, 0.4) is 0 Å². The van der Waals surface area contributed by atoms with Crippen molar-refractivity contribution in [3.05, 3.63) is 144 Å². The molecule has 0 bridgehead atoms. The van der Waals surface area contributed by atoms with Crippen LogP contribution in [0, 0.1) is 5.92 Å². The Morgan fingerprint density at radius 1 is 0.512 bits per heavy atom. The van der Waals surface area contributed by atoms with Crippen LogP contribution in [0.15, 0.2) is 121 Å². The van der Waals surface area contributed by atoms with Crippen molar-refractivity contribution in [1.82, 2.24) is 0 Å². The Hall–Kier alpha value is -3.36. The SMILES string of the molecule is OC1OCC(COCc2ccccc2)C(OCc2ccccc2)C(OCc2ccccc2)C1OCc1ccccc1. The van der Waals surface area contributed by atoms with Crippen molar-refractivity contribution in [2.75, 3.05) is 13.2 Å². The number of rotatable bonds is 13. The summed E-state index contributed by atoms with van der Waals surface area (Å²) in [7, 11) is 0. The highest BCUT2D eigenvalue weighted by molar-refractivity contribution is 5.16. The van der Waals surface area contributed by atoms with E-state index in [1.54, 1.807) is 0 Å². The molecule has 1 N–H and O–H groups in total. The Morgan fingerprint density at radius 2 is 0.902 bits per heavy atom. The van der Waals surface area contributed by atoms with Crippen LogP contribution in [0.2, 0.25) is 0 Å². The van der Waals surface area contributed by atoms with E-state index in [2.05, 4.69) is 0 Å². The van der Waals surface area contributed by atoms with E-state index in [1.165, 1.54) is 0 Å². The minimum absolute atomic E-state index is 0.205. The number of benzene rings is 4. The van der Waals surface area contributed by atoms with Crippen LogP contribution >= 0.6 is 0 Å². The van der Waals surface area contributed by atoms with Crippen molar-refractivity contribution >= 4 is 0 Å². The first-order valence-electron chi connectivity index (χ1n) is 14.1. The molecular weight excluding hydrogens is 516 g/mol. The molecule has 0 amide bonds. The van der Waals surface area contributed by atoms with Crippen LogP contribution in [-0.4, -0.2) is 42.9 Å². The quantitative estimate of drug-likeness (QED) is 0.221. The highest BCUT2D eigenvalue weighted by Crippen LogP contribution is 2.29. The summed E-state index contributed by atoms with van der Waals surface area (Å²) in [5, 5.41) is 11.2. The first-order chi connectivity index (χ1) is 20.3. The molecule has 0 radical (unpaired) electrons. The second-order valence-corrected chi connectivity index (χ2v) is 10.3. The van der Waals surface area contributed by atoms with Gasteiger partial charge in [-0.15, -0.1) is 0 Å². The molecule has 5 rings (SSSR count). The fourth-order valence-corrected chi connectivity index (χ4v) is 4.97. The van der Waals surface area contributed by atoms with E-state index in [4.69, 9.17) is 23.7 Å². The topological polar surface area (TPSA) is 66.4 Å². The lowest BCUT2D eigenvalue weighted by atomic mass is 9.96. The van der Waals surface area contributed by atoms with E-state index in [-0.39, 0.29) is 12.5 Å². The predicted molar refractivity (Wildman–Crippen MR) is 157 cm³/mol. The van der Waals surface area contributed by atoms with E-state index in [9.17, 15) is 5.11 Å². The average molecular weight is 555 g/mol. The van der Waals surface area contributed by atoms with E-state index in [0.717, 1.165) is 22.3 Å². The van der Waals surface area contributed by atoms with Gasteiger partial charge < -0.3 is 28.8 Å². The summed E-state index contributed by atoms with van der Waals surface area (Å²) < 4.78 is 31.7. The molecule has 0 spiro atoms. The highest BCUT2D eigenvalue weighted by Gasteiger charge is 2.44. The maximum Gasteiger partial charge on any atom is 0.183 e. The average Bonchev–Trinajstić information content (AvgIpc) is 3.15. The molecule has 0 saturated carbocycles. The standard InChI is InChI=1S/C35H38O6/c36-35-34(40-24-30-19-11-4-12-20-30)33(39-23-29-17-9-3-10-18-29)32(38-22-28-15-7-2-8-16-28)31(26-41-35)25-37-21-27-13-5-1-6-14-27/h1-20,31-36H,21-26H2. The number of ether oxygens (including phenoxy) is 5. The lowest BCUT2D eigenvalue weighted by Gasteiger charge is -2.35. The molecule has 1 saturated heterocycles. The predicted octanol–water partition coefficient (Wildman–Crippen LogP) is 5.92. The number of hydrogen-bond donors (Lipinski definition) is 1. The summed E-state index contributed by atoms with van der Waals surface area (Å²) in [4.78, 5) is 0. The van der Waals surface area contributed by atoms with Gasteiger partial charge >= 0.3 is 0 Å². The number of aliphatic hydroxyl groups is 1. The molecule has 4 aromatic carbocycles. The van der Waals surface area contributed by atoms with Crippen molar-refractivity contribution in [3.63, 3.8) is 0 Å². The molecule has 41 heavy (non-hydrogen) atoms. The van der Waals surface area contributed by atoms with E-state index in [1.807, 2.05) is 121 Å². The Kier molecular flexibility index (Phi) is 11.1. The number of aliphatic hydroxyl groups excluding tert-OH is 1. The Bertz CT molecular complexity index is 1260. The van der Waals surface area contributed by atoms with Gasteiger partial charge in [0.05, 0.1) is 45.7 Å². The fourth-order valence-electron chi connectivity index (χ4n) is 4.97. The van der Waals surface area contributed by atoms with Crippen molar-refractivity contribution < 1.29 is 28.8 Å². The molecule has 1 aliphatic heterocycles. The van der Waals surface area contributed by atoms with Gasteiger partial charge in [0.2, 0.25) is 0 Å². The number of hydrogen-bond acceptors (Lipinski definition) is 6. The molecule has 6 heteroatoms. The zero-order chi connectivity index (χ0) is 28.1. The third-order valence-electron chi connectivity index (χ3n) is 7.17. The molecule has 0 aliphatic carbocycles. The van der Waals surface area contributed by atoms with Crippen LogP contribution in [0.4, 0.5) is 0 Å². The summed E-state index contributed by atoms with van der Waals surface area (Å²) in [6.45, 7) is 2.11. The molecule has 0 aromatic heterocycles. The van der Waals surface area contributed by atoms with Gasteiger partial charge in [0.15, 0.2) is 6.29 Å². The summed E-state index contributed by atoms with van der Waals surface area (Å²) in [5.74, 6) is -0.205. The Morgan fingerprint density at radius 3 is 1.37 bits per heavy atom. The monoisotopic (exact) mass is 554 g/mol. The first kappa shape index (κ1) is 29.1. The maximum atomic E-state index is 11.2. The third kappa shape index (κ3) is 8.81. The zero-order valence-electron chi connectivity index (χ0n) is 23.2. The Labute approximate surface area is 242 Å². The summed E-state index contributed by atoms with van der Waals surface area (Å²) in [5.41, 5.74) is 4.15. The van der Waals surface area contributed by atoms with Gasteiger partial charge in [-0.05, 0) is 22.3 Å². The van der Waals surface area contributed by atoms with Crippen LogP contribution < -0.4 is 0 Å².